The van der Waals surface area contributed by atoms with Crippen molar-refractivity contribution in [1.82, 2.24) is 10.3 Å². The smallest absolute Gasteiger partial charge is 0.311 e. The molecule has 1 aliphatic rings. The fraction of sp³-hybridized carbons (Fsp3) is 0.643. The number of aromatic nitrogens is 1. The first-order valence-corrected chi connectivity index (χ1v) is 7.51. The Bertz CT molecular complexity index is 488. The summed E-state index contributed by atoms with van der Waals surface area (Å²) in [5.74, 6) is 0.707. The van der Waals surface area contributed by atoms with Gasteiger partial charge >= 0.3 is 5.69 Å². The van der Waals surface area contributed by atoms with E-state index in [1.54, 1.807) is 6.07 Å². The predicted octanol–water partition coefficient (Wildman–Crippen LogP) is 1.93. The number of nitrogens with zero attached hydrogens (tertiary/aromatic N) is 3. The minimum absolute atomic E-state index is 0.0154. The molecule has 0 aliphatic carbocycles. The van der Waals surface area contributed by atoms with Gasteiger partial charge in [-0.15, -0.1) is 0 Å². The average Bonchev–Trinajstić information content (AvgIpc) is 2.95. The molecule has 0 amide bonds. The molecule has 2 heterocycles. The first kappa shape index (κ1) is 15.5. The zero-order chi connectivity index (χ0) is 15.2. The molecule has 21 heavy (non-hydrogen) atoms. The van der Waals surface area contributed by atoms with Gasteiger partial charge in [-0.25, -0.2) is 4.98 Å². The molecule has 1 aliphatic heterocycles. The van der Waals surface area contributed by atoms with Crippen LogP contribution in [0.1, 0.15) is 32.6 Å². The molecule has 1 saturated heterocycles. The molecular formula is C14H23N5O2. The van der Waals surface area contributed by atoms with Crippen LogP contribution < -0.4 is 16.0 Å². The Balaban J connectivity index is 2.14. The molecule has 1 atom stereocenters. The second-order valence-electron chi connectivity index (χ2n) is 5.42. The van der Waals surface area contributed by atoms with Gasteiger partial charge in [0.05, 0.1) is 4.92 Å². The summed E-state index contributed by atoms with van der Waals surface area (Å²) in [6.45, 7) is 4.95. The van der Waals surface area contributed by atoms with Crippen LogP contribution in [0.25, 0.3) is 0 Å². The van der Waals surface area contributed by atoms with Crippen LogP contribution in [0.5, 0.6) is 0 Å². The third-order valence-corrected chi connectivity index (χ3v) is 3.79. The van der Waals surface area contributed by atoms with E-state index in [-0.39, 0.29) is 11.5 Å². The molecule has 7 nitrogen and oxygen atoms in total. The van der Waals surface area contributed by atoms with E-state index in [1.807, 2.05) is 0 Å². The normalized spacial score (nSPS) is 17.9. The standard InChI is InChI=1S/C14H23N5O2/c1-2-3-9-18(10-11-5-4-8-16-11)13-7-6-12(19(20)21)14(15)17-13/h6-7,11,16H,2-5,8-10H2,1H3,(H2,15,17). The summed E-state index contributed by atoms with van der Waals surface area (Å²) < 4.78 is 0. The lowest BCUT2D eigenvalue weighted by atomic mass is 10.2. The number of nitrogen functional groups attached to an aromatic ring is 1. The van der Waals surface area contributed by atoms with E-state index in [4.69, 9.17) is 5.73 Å². The van der Waals surface area contributed by atoms with Crippen molar-refractivity contribution in [2.24, 2.45) is 0 Å². The van der Waals surface area contributed by atoms with Crippen LogP contribution in [0, 0.1) is 10.1 Å². The Morgan fingerprint density at radius 1 is 1.57 bits per heavy atom. The molecule has 1 unspecified atom stereocenters. The topological polar surface area (TPSA) is 97.3 Å². The number of nitro groups is 1. The maximum Gasteiger partial charge on any atom is 0.311 e. The highest BCUT2D eigenvalue weighted by molar-refractivity contribution is 5.58. The maximum absolute atomic E-state index is 10.8. The van der Waals surface area contributed by atoms with Crippen LogP contribution in [-0.4, -0.2) is 35.6 Å². The van der Waals surface area contributed by atoms with Crippen molar-refractivity contribution >= 4 is 17.3 Å². The summed E-state index contributed by atoms with van der Waals surface area (Å²) in [5, 5.41) is 14.3. The minimum Gasteiger partial charge on any atom is -0.378 e. The predicted molar refractivity (Wildman–Crippen MR) is 83.4 cm³/mol. The molecule has 0 bridgehead atoms. The molecule has 3 N–H and O–H groups in total. The number of hydrogen-bond acceptors (Lipinski definition) is 6. The van der Waals surface area contributed by atoms with Crippen molar-refractivity contribution in [3.63, 3.8) is 0 Å². The molecule has 0 radical (unpaired) electrons. The quantitative estimate of drug-likeness (QED) is 0.589. The Morgan fingerprint density at radius 2 is 2.38 bits per heavy atom. The fourth-order valence-corrected chi connectivity index (χ4v) is 2.61. The molecule has 2 rings (SSSR count). The van der Waals surface area contributed by atoms with Crippen molar-refractivity contribution in [2.75, 3.05) is 30.3 Å². The van der Waals surface area contributed by atoms with E-state index in [9.17, 15) is 10.1 Å². The number of pyridine rings is 1. The summed E-state index contributed by atoms with van der Waals surface area (Å²) in [7, 11) is 0. The number of unbranched alkanes of at least 4 members (excludes halogenated alkanes) is 1. The van der Waals surface area contributed by atoms with Gasteiger partial charge in [-0.05, 0) is 31.9 Å². The van der Waals surface area contributed by atoms with E-state index in [0.29, 0.717) is 6.04 Å². The number of nitrogens with two attached hydrogens (primary N) is 1. The van der Waals surface area contributed by atoms with Crippen LogP contribution in [-0.2, 0) is 0 Å². The van der Waals surface area contributed by atoms with E-state index < -0.39 is 4.92 Å². The van der Waals surface area contributed by atoms with Gasteiger partial charge in [-0.3, -0.25) is 10.1 Å². The van der Waals surface area contributed by atoms with Crippen LogP contribution in [0.2, 0.25) is 0 Å². The van der Waals surface area contributed by atoms with E-state index in [0.717, 1.165) is 44.7 Å². The van der Waals surface area contributed by atoms with E-state index >= 15 is 0 Å². The number of hydrogen-bond donors (Lipinski definition) is 2. The summed E-state index contributed by atoms with van der Waals surface area (Å²) >= 11 is 0. The summed E-state index contributed by atoms with van der Waals surface area (Å²) in [6.07, 6.45) is 4.51. The number of rotatable bonds is 7. The van der Waals surface area contributed by atoms with Gasteiger partial charge in [0.2, 0.25) is 5.82 Å². The fourth-order valence-electron chi connectivity index (χ4n) is 2.61. The van der Waals surface area contributed by atoms with Crippen LogP contribution in [0.4, 0.5) is 17.3 Å². The van der Waals surface area contributed by atoms with Gasteiger partial charge in [0, 0.05) is 25.2 Å². The van der Waals surface area contributed by atoms with Gasteiger partial charge in [-0.2, -0.15) is 0 Å². The highest BCUT2D eigenvalue weighted by Crippen LogP contribution is 2.24. The third kappa shape index (κ3) is 4.04. The Labute approximate surface area is 124 Å². The van der Waals surface area contributed by atoms with Gasteiger partial charge in [-0.1, -0.05) is 13.3 Å². The second kappa shape index (κ2) is 7.21. The first-order chi connectivity index (χ1) is 10.1. The van der Waals surface area contributed by atoms with E-state index in [1.165, 1.54) is 12.5 Å². The highest BCUT2D eigenvalue weighted by Gasteiger charge is 2.20. The van der Waals surface area contributed by atoms with Gasteiger partial charge < -0.3 is 16.0 Å². The highest BCUT2D eigenvalue weighted by atomic mass is 16.6. The van der Waals surface area contributed by atoms with Crippen LogP contribution in [0.3, 0.4) is 0 Å². The molecule has 7 heteroatoms. The molecule has 116 valence electrons. The second-order valence-corrected chi connectivity index (χ2v) is 5.42. The molecule has 0 saturated carbocycles. The van der Waals surface area contributed by atoms with E-state index in [2.05, 4.69) is 22.1 Å². The van der Waals surface area contributed by atoms with Crippen LogP contribution in [0.15, 0.2) is 12.1 Å². The molecule has 1 aromatic rings. The Morgan fingerprint density at radius 3 is 2.95 bits per heavy atom. The zero-order valence-corrected chi connectivity index (χ0v) is 12.4. The minimum atomic E-state index is -0.499. The number of anilines is 2. The van der Waals surface area contributed by atoms with Crippen molar-refractivity contribution in [3.8, 4) is 0 Å². The van der Waals surface area contributed by atoms with Crippen molar-refractivity contribution in [1.29, 1.82) is 0 Å². The van der Waals surface area contributed by atoms with Crippen LogP contribution >= 0.6 is 0 Å². The largest absolute Gasteiger partial charge is 0.378 e. The van der Waals surface area contributed by atoms with Gasteiger partial charge in [0.15, 0.2) is 0 Å². The molecule has 1 aromatic heterocycles. The lowest BCUT2D eigenvalue weighted by Crippen LogP contribution is -2.38. The number of nitrogens with one attached hydrogen (secondary N) is 1. The summed E-state index contributed by atoms with van der Waals surface area (Å²) in [4.78, 5) is 16.7. The average molecular weight is 293 g/mol. The zero-order valence-electron chi connectivity index (χ0n) is 12.4. The SMILES string of the molecule is CCCCN(CC1CCCN1)c1ccc([N+](=O)[O-])c(N)n1. The maximum atomic E-state index is 10.8. The van der Waals surface area contributed by atoms with Crippen molar-refractivity contribution < 1.29 is 4.92 Å². The Hall–Kier alpha value is -1.89. The van der Waals surface area contributed by atoms with Crippen molar-refractivity contribution in [3.05, 3.63) is 22.2 Å². The van der Waals surface area contributed by atoms with Gasteiger partial charge in [0.25, 0.3) is 0 Å². The molecule has 0 aromatic carbocycles. The third-order valence-electron chi connectivity index (χ3n) is 3.79. The Kier molecular flexibility index (Phi) is 5.32. The summed E-state index contributed by atoms with van der Waals surface area (Å²) in [5.41, 5.74) is 5.57. The lowest BCUT2D eigenvalue weighted by Gasteiger charge is -2.27. The lowest BCUT2D eigenvalue weighted by molar-refractivity contribution is -0.384. The first-order valence-electron chi connectivity index (χ1n) is 7.51. The monoisotopic (exact) mass is 293 g/mol. The van der Waals surface area contributed by atoms with Gasteiger partial charge in [0.1, 0.15) is 5.82 Å². The molecule has 1 fully saturated rings. The molecular weight excluding hydrogens is 270 g/mol. The van der Waals surface area contributed by atoms with Crippen molar-refractivity contribution in [2.45, 2.75) is 38.6 Å². The summed E-state index contributed by atoms with van der Waals surface area (Å²) in [6, 6.07) is 3.60. The molecule has 0 spiro atoms.